The van der Waals surface area contributed by atoms with E-state index in [9.17, 15) is 9.59 Å². The molecular formula is C15H21N3O3. The fraction of sp³-hybridized carbons (Fsp3) is 0.667. The van der Waals surface area contributed by atoms with E-state index in [1.165, 1.54) is 25.7 Å². The normalized spacial score (nSPS) is 23.7. The summed E-state index contributed by atoms with van der Waals surface area (Å²) in [5.74, 6) is -1.23. The van der Waals surface area contributed by atoms with Crippen molar-refractivity contribution < 1.29 is 14.7 Å². The van der Waals surface area contributed by atoms with Gasteiger partial charge in [0.2, 0.25) is 5.91 Å². The summed E-state index contributed by atoms with van der Waals surface area (Å²) >= 11 is 0. The molecule has 2 aliphatic rings. The average Bonchev–Trinajstić information content (AvgIpc) is 3.11. The van der Waals surface area contributed by atoms with Crippen molar-refractivity contribution in [3.05, 3.63) is 18.0 Å². The largest absolute Gasteiger partial charge is 0.481 e. The van der Waals surface area contributed by atoms with Gasteiger partial charge in [0.05, 0.1) is 24.2 Å². The Morgan fingerprint density at radius 3 is 2.81 bits per heavy atom. The molecule has 2 fully saturated rings. The van der Waals surface area contributed by atoms with Gasteiger partial charge in [0.1, 0.15) is 0 Å². The molecule has 1 aliphatic heterocycles. The van der Waals surface area contributed by atoms with Gasteiger partial charge in [0.15, 0.2) is 0 Å². The van der Waals surface area contributed by atoms with E-state index in [1.807, 2.05) is 16.9 Å². The number of hydrogen-bond donors (Lipinski definition) is 1. The number of hydrogen-bond acceptors (Lipinski definition) is 3. The molecule has 0 spiro atoms. The van der Waals surface area contributed by atoms with Crippen LogP contribution in [-0.2, 0) is 16.1 Å². The van der Waals surface area contributed by atoms with Gasteiger partial charge in [-0.25, -0.2) is 0 Å². The third kappa shape index (κ3) is 3.09. The zero-order valence-corrected chi connectivity index (χ0v) is 12.1. The molecule has 1 N–H and O–H groups in total. The van der Waals surface area contributed by atoms with E-state index >= 15 is 0 Å². The Bertz CT molecular complexity index is 534. The molecule has 1 aliphatic carbocycles. The maximum absolute atomic E-state index is 11.9. The predicted molar refractivity (Wildman–Crippen MR) is 75.5 cm³/mol. The highest BCUT2D eigenvalue weighted by Crippen LogP contribution is 2.29. The minimum Gasteiger partial charge on any atom is -0.481 e. The van der Waals surface area contributed by atoms with Crippen molar-refractivity contribution in [2.24, 2.45) is 5.92 Å². The molecule has 6 nitrogen and oxygen atoms in total. The van der Waals surface area contributed by atoms with Crippen LogP contribution < -0.4 is 0 Å². The van der Waals surface area contributed by atoms with Crippen molar-refractivity contribution in [1.29, 1.82) is 0 Å². The Balaban J connectivity index is 1.64. The van der Waals surface area contributed by atoms with Crippen LogP contribution >= 0.6 is 0 Å². The van der Waals surface area contributed by atoms with Crippen LogP contribution in [0, 0.1) is 5.92 Å². The first-order chi connectivity index (χ1) is 10.1. The second kappa shape index (κ2) is 5.87. The van der Waals surface area contributed by atoms with Gasteiger partial charge < -0.3 is 10.0 Å². The molecule has 114 valence electrons. The highest BCUT2D eigenvalue weighted by molar-refractivity contribution is 5.80. The monoisotopic (exact) mass is 291 g/mol. The van der Waals surface area contributed by atoms with Crippen molar-refractivity contribution >= 4 is 11.9 Å². The summed E-state index contributed by atoms with van der Waals surface area (Å²) in [6, 6.07) is 2.43. The zero-order chi connectivity index (χ0) is 14.8. The number of carboxylic acid groups (broad SMARTS) is 1. The lowest BCUT2D eigenvalue weighted by atomic mass is 9.98. The van der Waals surface area contributed by atoms with Crippen molar-refractivity contribution in [3.8, 4) is 0 Å². The van der Waals surface area contributed by atoms with Crippen LogP contribution in [0.25, 0.3) is 0 Å². The first-order valence-corrected chi connectivity index (χ1v) is 7.68. The van der Waals surface area contributed by atoms with Crippen LogP contribution in [-0.4, -0.2) is 38.2 Å². The number of aromatic nitrogens is 2. The van der Waals surface area contributed by atoms with Crippen LogP contribution in [0.4, 0.5) is 0 Å². The molecule has 1 aromatic heterocycles. The lowest BCUT2D eigenvalue weighted by molar-refractivity contribution is -0.147. The van der Waals surface area contributed by atoms with E-state index in [-0.39, 0.29) is 5.91 Å². The summed E-state index contributed by atoms with van der Waals surface area (Å²) < 4.78 is 2.01. The highest BCUT2D eigenvalue weighted by Gasteiger charge is 2.30. The molecule has 1 saturated heterocycles. The second-order valence-corrected chi connectivity index (χ2v) is 6.07. The number of aliphatic carboxylic acids is 1. The van der Waals surface area contributed by atoms with Crippen molar-refractivity contribution in [2.75, 3.05) is 6.54 Å². The third-order valence-electron chi connectivity index (χ3n) is 4.56. The zero-order valence-electron chi connectivity index (χ0n) is 12.1. The summed E-state index contributed by atoms with van der Waals surface area (Å²) in [5, 5.41) is 13.7. The molecule has 3 rings (SSSR count). The Kier molecular flexibility index (Phi) is 3.94. The number of amides is 1. The molecule has 2 heterocycles. The van der Waals surface area contributed by atoms with Crippen molar-refractivity contribution in [3.63, 3.8) is 0 Å². The van der Waals surface area contributed by atoms with E-state index in [0.717, 1.165) is 5.69 Å². The Hall–Kier alpha value is -1.85. The van der Waals surface area contributed by atoms with Crippen LogP contribution in [0.1, 0.15) is 50.3 Å². The minimum atomic E-state index is -0.816. The molecule has 6 heteroatoms. The molecule has 1 aromatic rings. The molecule has 0 bridgehead atoms. The number of rotatable bonds is 4. The summed E-state index contributed by atoms with van der Waals surface area (Å²) in [5.41, 5.74) is 0.848. The Labute approximate surface area is 123 Å². The first-order valence-electron chi connectivity index (χ1n) is 7.68. The second-order valence-electron chi connectivity index (χ2n) is 6.07. The fourth-order valence-electron chi connectivity index (χ4n) is 3.30. The van der Waals surface area contributed by atoms with E-state index in [2.05, 4.69) is 5.10 Å². The summed E-state index contributed by atoms with van der Waals surface area (Å²) in [4.78, 5) is 24.6. The molecule has 1 unspecified atom stereocenters. The summed E-state index contributed by atoms with van der Waals surface area (Å²) in [6.07, 6.45) is 7.60. The highest BCUT2D eigenvalue weighted by atomic mass is 16.4. The van der Waals surface area contributed by atoms with Gasteiger partial charge in [-0.2, -0.15) is 5.10 Å². The molecule has 21 heavy (non-hydrogen) atoms. The van der Waals surface area contributed by atoms with E-state index in [0.29, 0.717) is 32.0 Å². The van der Waals surface area contributed by atoms with Gasteiger partial charge in [-0.1, -0.05) is 12.8 Å². The number of likely N-dealkylation sites (tertiary alicyclic amines) is 1. The maximum atomic E-state index is 11.9. The average molecular weight is 291 g/mol. The van der Waals surface area contributed by atoms with E-state index in [1.54, 1.807) is 4.90 Å². The van der Waals surface area contributed by atoms with E-state index < -0.39 is 11.9 Å². The smallest absolute Gasteiger partial charge is 0.308 e. The molecule has 0 aromatic carbocycles. The van der Waals surface area contributed by atoms with Crippen LogP contribution in [0.3, 0.4) is 0 Å². The standard InChI is InChI=1S/C15H21N3O3/c19-14-6-5-11(15(20)21)9-17(14)10-12-7-8-18(16-12)13-3-1-2-4-13/h7-8,11,13H,1-6,9-10H2,(H,20,21). The SMILES string of the molecule is O=C(O)C1CCC(=O)N(Cc2ccn(C3CCCC3)n2)C1. The number of carbonyl (C=O) groups is 2. The maximum Gasteiger partial charge on any atom is 0.308 e. The first kappa shape index (κ1) is 14.1. The lowest BCUT2D eigenvalue weighted by Crippen LogP contribution is -2.42. The number of piperidine rings is 1. The lowest BCUT2D eigenvalue weighted by Gasteiger charge is -2.30. The molecular weight excluding hydrogens is 270 g/mol. The van der Waals surface area contributed by atoms with Gasteiger partial charge in [0, 0.05) is 19.2 Å². The fourth-order valence-corrected chi connectivity index (χ4v) is 3.30. The van der Waals surface area contributed by atoms with Crippen LogP contribution in [0.15, 0.2) is 12.3 Å². The Morgan fingerprint density at radius 2 is 2.10 bits per heavy atom. The van der Waals surface area contributed by atoms with Gasteiger partial charge in [0.25, 0.3) is 0 Å². The molecule has 1 atom stereocenters. The summed E-state index contributed by atoms with van der Waals surface area (Å²) in [7, 11) is 0. The van der Waals surface area contributed by atoms with E-state index in [4.69, 9.17) is 5.11 Å². The van der Waals surface area contributed by atoms with Gasteiger partial charge in [-0.3, -0.25) is 14.3 Å². The third-order valence-corrected chi connectivity index (χ3v) is 4.56. The van der Waals surface area contributed by atoms with Gasteiger partial charge >= 0.3 is 5.97 Å². The quantitative estimate of drug-likeness (QED) is 0.918. The minimum absolute atomic E-state index is 0.0305. The van der Waals surface area contributed by atoms with Crippen molar-refractivity contribution in [2.45, 2.75) is 51.1 Å². The van der Waals surface area contributed by atoms with Gasteiger partial charge in [-0.05, 0) is 25.3 Å². The number of carbonyl (C=O) groups excluding carboxylic acids is 1. The van der Waals surface area contributed by atoms with Crippen LogP contribution in [0.2, 0.25) is 0 Å². The number of nitrogens with zero attached hydrogens (tertiary/aromatic N) is 3. The number of carboxylic acids is 1. The molecule has 1 saturated carbocycles. The Morgan fingerprint density at radius 1 is 1.33 bits per heavy atom. The van der Waals surface area contributed by atoms with Crippen molar-refractivity contribution in [1.82, 2.24) is 14.7 Å². The predicted octanol–water partition coefficient (Wildman–Crippen LogP) is 1.82. The molecule has 0 radical (unpaired) electrons. The van der Waals surface area contributed by atoms with Crippen LogP contribution in [0.5, 0.6) is 0 Å². The summed E-state index contributed by atoms with van der Waals surface area (Å²) in [6.45, 7) is 0.715. The van der Waals surface area contributed by atoms with Gasteiger partial charge in [-0.15, -0.1) is 0 Å². The topological polar surface area (TPSA) is 75.4 Å². The molecule has 1 amide bonds.